The molecule has 0 saturated heterocycles. The highest BCUT2D eigenvalue weighted by Crippen LogP contribution is 2.22. The van der Waals surface area contributed by atoms with Crippen molar-refractivity contribution in [2.45, 2.75) is 45.4 Å². The minimum absolute atomic E-state index is 0.137. The van der Waals surface area contributed by atoms with E-state index in [0.717, 1.165) is 11.4 Å². The molecule has 0 radical (unpaired) electrons. The first-order chi connectivity index (χ1) is 9.10. The molecule has 1 fully saturated rings. The number of nitrogens with one attached hydrogen (secondary N) is 2. The van der Waals surface area contributed by atoms with Crippen molar-refractivity contribution in [3.8, 4) is 5.75 Å². The predicted molar refractivity (Wildman–Crippen MR) is 73.0 cm³/mol. The summed E-state index contributed by atoms with van der Waals surface area (Å²) in [6, 6.07) is 4.39. The van der Waals surface area contributed by atoms with Gasteiger partial charge < -0.3 is 15.4 Å². The van der Waals surface area contributed by atoms with Gasteiger partial charge in [0.05, 0.1) is 5.69 Å². The quantitative estimate of drug-likeness (QED) is 0.808. The smallest absolute Gasteiger partial charge is 0.260 e. The molecule has 2 N–H and O–H groups in total. The van der Waals surface area contributed by atoms with E-state index in [1.807, 2.05) is 19.1 Å². The molecule has 5 heteroatoms. The van der Waals surface area contributed by atoms with Crippen molar-refractivity contribution in [1.29, 1.82) is 0 Å². The number of amides is 1. The van der Waals surface area contributed by atoms with Crippen LogP contribution in [0, 0.1) is 6.92 Å². The van der Waals surface area contributed by atoms with Gasteiger partial charge in [-0.25, -0.2) is 0 Å². The van der Waals surface area contributed by atoms with Crippen molar-refractivity contribution in [1.82, 2.24) is 15.6 Å². The van der Waals surface area contributed by atoms with Gasteiger partial charge in [-0.05, 0) is 38.8 Å². The van der Waals surface area contributed by atoms with E-state index in [0.29, 0.717) is 18.3 Å². The number of hydrogen-bond acceptors (Lipinski definition) is 4. The zero-order valence-electron chi connectivity index (χ0n) is 11.7. The number of likely N-dealkylation sites (N-methyl/N-ethyl adjacent to an activating group) is 1. The van der Waals surface area contributed by atoms with Gasteiger partial charge in [-0.2, -0.15) is 0 Å². The Bertz CT molecular complexity index is 458. The van der Waals surface area contributed by atoms with E-state index < -0.39 is 6.10 Å². The molecule has 1 atom stereocenters. The van der Waals surface area contributed by atoms with Crippen LogP contribution in [0.1, 0.15) is 31.2 Å². The molecule has 19 heavy (non-hydrogen) atoms. The molecule has 1 aliphatic carbocycles. The fourth-order valence-electron chi connectivity index (χ4n) is 1.81. The lowest BCUT2D eigenvalue weighted by Crippen LogP contribution is -2.34. The molecule has 1 heterocycles. The molecule has 104 valence electrons. The molecule has 2 rings (SSSR count). The van der Waals surface area contributed by atoms with E-state index in [1.54, 1.807) is 14.0 Å². The number of pyridine rings is 1. The highest BCUT2D eigenvalue weighted by atomic mass is 16.5. The zero-order chi connectivity index (χ0) is 13.8. The maximum atomic E-state index is 11.5. The summed E-state index contributed by atoms with van der Waals surface area (Å²) >= 11 is 0. The number of ether oxygens (including phenoxy) is 1. The number of carbonyl (C=O) groups is 1. The molecule has 1 amide bonds. The summed E-state index contributed by atoms with van der Waals surface area (Å²) in [7, 11) is 1.60. The Morgan fingerprint density at radius 2 is 2.26 bits per heavy atom. The number of rotatable bonds is 6. The van der Waals surface area contributed by atoms with Crippen LogP contribution in [0.5, 0.6) is 5.75 Å². The molecule has 1 unspecified atom stereocenters. The van der Waals surface area contributed by atoms with Gasteiger partial charge >= 0.3 is 0 Å². The van der Waals surface area contributed by atoms with Crippen molar-refractivity contribution >= 4 is 5.91 Å². The van der Waals surface area contributed by atoms with Gasteiger partial charge in [-0.15, -0.1) is 0 Å². The summed E-state index contributed by atoms with van der Waals surface area (Å²) in [5, 5.41) is 5.99. The summed E-state index contributed by atoms with van der Waals surface area (Å²) in [6.45, 7) is 4.37. The number of carbonyl (C=O) groups excluding carboxylic acids is 1. The topological polar surface area (TPSA) is 63.2 Å². The average Bonchev–Trinajstić information content (AvgIpc) is 3.22. The van der Waals surface area contributed by atoms with E-state index in [1.165, 1.54) is 12.8 Å². The lowest BCUT2D eigenvalue weighted by molar-refractivity contribution is -0.126. The first kappa shape index (κ1) is 13.8. The van der Waals surface area contributed by atoms with Crippen LogP contribution in [0.25, 0.3) is 0 Å². The van der Waals surface area contributed by atoms with Crippen molar-refractivity contribution in [3.05, 3.63) is 23.5 Å². The van der Waals surface area contributed by atoms with Crippen LogP contribution < -0.4 is 15.4 Å². The zero-order valence-corrected chi connectivity index (χ0v) is 11.7. The average molecular weight is 263 g/mol. The standard InChI is InChI=1S/C14H21N3O2/c1-9-4-7-13(19-10(2)14(18)15-3)12(17-9)8-16-11-5-6-11/h4,7,10-11,16H,5-6,8H2,1-3H3,(H,15,18). The highest BCUT2D eigenvalue weighted by molar-refractivity contribution is 5.80. The normalized spacial score (nSPS) is 15.9. The Morgan fingerprint density at radius 3 is 2.89 bits per heavy atom. The molecular formula is C14H21N3O2. The predicted octanol–water partition coefficient (Wildman–Crippen LogP) is 1.16. The van der Waals surface area contributed by atoms with Gasteiger partial charge in [0, 0.05) is 25.3 Å². The van der Waals surface area contributed by atoms with Crippen LogP contribution in [-0.2, 0) is 11.3 Å². The maximum absolute atomic E-state index is 11.5. The molecule has 0 aromatic carbocycles. The maximum Gasteiger partial charge on any atom is 0.260 e. The summed E-state index contributed by atoms with van der Waals surface area (Å²) in [5.74, 6) is 0.538. The number of aromatic nitrogens is 1. The third-order valence-electron chi connectivity index (χ3n) is 3.13. The number of hydrogen-bond donors (Lipinski definition) is 2. The van der Waals surface area contributed by atoms with E-state index in [-0.39, 0.29) is 5.91 Å². The largest absolute Gasteiger partial charge is 0.479 e. The lowest BCUT2D eigenvalue weighted by Gasteiger charge is -2.16. The minimum Gasteiger partial charge on any atom is -0.479 e. The molecule has 0 spiro atoms. The van der Waals surface area contributed by atoms with E-state index in [2.05, 4.69) is 15.6 Å². The van der Waals surface area contributed by atoms with E-state index >= 15 is 0 Å². The van der Waals surface area contributed by atoms with Crippen LogP contribution in [0.2, 0.25) is 0 Å². The minimum atomic E-state index is -0.519. The second kappa shape index (κ2) is 6.02. The second-order valence-corrected chi connectivity index (χ2v) is 4.93. The van der Waals surface area contributed by atoms with Crippen LogP contribution in [0.15, 0.2) is 12.1 Å². The second-order valence-electron chi connectivity index (χ2n) is 4.93. The van der Waals surface area contributed by atoms with Gasteiger partial charge in [-0.1, -0.05) is 0 Å². The summed E-state index contributed by atoms with van der Waals surface area (Å²) < 4.78 is 5.69. The fourth-order valence-corrected chi connectivity index (χ4v) is 1.81. The van der Waals surface area contributed by atoms with Crippen molar-refractivity contribution < 1.29 is 9.53 Å². The van der Waals surface area contributed by atoms with E-state index in [9.17, 15) is 4.79 Å². The van der Waals surface area contributed by atoms with Crippen molar-refractivity contribution in [3.63, 3.8) is 0 Å². The Kier molecular flexibility index (Phi) is 4.37. The van der Waals surface area contributed by atoms with Crippen LogP contribution in [0.4, 0.5) is 0 Å². The third kappa shape index (κ3) is 3.92. The van der Waals surface area contributed by atoms with Gasteiger partial charge in [0.1, 0.15) is 5.75 Å². The summed E-state index contributed by atoms with van der Waals surface area (Å²) in [6.07, 6.45) is 1.95. The first-order valence-electron chi connectivity index (χ1n) is 6.68. The number of nitrogens with zero attached hydrogens (tertiary/aromatic N) is 1. The highest BCUT2D eigenvalue weighted by Gasteiger charge is 2.22. The van der Waals surface area contributed by atoms with Gasteiger partial charge in [0.15, 0.2) is 6.10 Å². The summed E-state index contributed by atoms with van der Waals surface area (Å²) in [5.41, 5.74) is 1.81. The monoisotopic (exact) mass is 263 g/mol. The Hall–Kier alpha value is -1.62. The van der Waals surface area contributed by atoms with Crippen molar-refractivity contribution in [2.75, 3.05) is 7.05 Å². The fraction of sp³-hybridized carbons (Fsp3) is 0.571. The van der Waals surface area contributed by atoms with Crippen molar-refractivity contribution in [2.24, 2.45) is 0 Å². The molecule has 1 saturated carbocycles. The first-order valence-corrected chi connectivity index (χ1v) is 6.68. The number of aryl methyl sites for hydroxylation is 1. The Morgan fingerprint density at radius 1 is 1.53 bits per heavy atom. The lowest BCUT2D eigenvalue weighted by atomic mass is 10.2. The van der Waals surface area contributed by atoms with E-state index in [4.69, 9.17) is 4.74 Å². The molecule has 0 bridgehead atoms. The van der Waals surface area contributed by atoms with Gasteiger partial charge in [0.2, 0.25) is 0 Å². The summed E-state index contributed by atoms with van der Waals surface area (Å²) in [4.78, 5) is 16.0. The van der Waals surface area contributed by atoms with Crippen LogP contribution in [-0.4, -0.2) is 30.1 Å². The van der Waals surface area contributed by atoms with Gasteiger partial charge in [-0.3, -0.25) is 9.78 Å². The van der Waals surface area contributed by atoms with Crippen LogP contribution in [0.3, 0.4) is 0 Å². The van der Waals surface area contributed by atoms with Crippen LogP contribution >= 0.6 is 0 Å². The Balaban J connectivity index is 2.06. The molecule has 1 aliphatic rings. The third-order valence-corrected chi connectivity index (χ3v) is 3.13. The molecule has 0 aliphatic heterocycles. The molecule has 1 aromatic heterocycles. The molecular weight excluding hydrogens is 242 g/mol. The molecule has 5 nitrogen and oxygen atoms in total. The van der Waals surface area contributed by atoms with Gasteiger partial charge in [0.25, 0.3) is 5.91 Å². The molecule has 1 aromatic rings. The Labute approximate surface area is 113 Å². The SMILES string of the molecule is CNC(=O)C(C)Oc1ccc(C)nc1CNC1CC1.